The van der Waals surface area contributed by atoms with Crippen molar-refractivity contribution in [1.82, 2.24) is 20.1 Å². The topological polar surface area (TPSA) is 81.4 Å². The molecule has 0 bridgehead atoms. The normalized spacial score (nSPS) is 17.0. The number of para-hydroxylation sites is 1. The molecule has 0 radical (unpaired) electrons. The van der Waals surface area contributed by atoms with Crippen LogP contribution in [0.1, 0.15) is 25.7 Å². The second-order valence-corrected chi connectivity index (χ2v) is 7.88. The number of carbonyl (C=O) groups is 1. The van der Waals surface area contributed by atoms with Crippen LogP contribution in [0.5, 0.6) is 5.75 Å². The van der Waals surface area contributed by atoms with Gasteiger partial charge in [0.1, 0.15) is 11.3 Å². The summed E-state index contributed by atoms with van der Waals surface area (Å²) in [5, 5.41) is 9.40. The third-order valence-corrected chi connectivity index (χ3v) is 5.53. The summed E-state index contributed by atoms with van der Waals surface area (Å²) in [6.45, 7) is 4.01. The van der Waals surface area contributed by atoms with E-state index in [1.807, 2.05) is 35.2 Å². The molecule has 1 saturated heterocycles. The molecule has 8 heteroatoms. The fourth-order valence-electron chi connectivity index (χ4n) is 3.32. The molecule has 28 heavy (non-hydrogen) atoms. The Morgan fingerprint density at radius 1 is 1.32 bits per heavy atom. The number of aromatic nitrogens is 3. The Labute approximate surface area is 167 Å². The number of benzene rings is 1. The van der Waals surface area contributed by atoms with Gasteiger partial charge in [0, 0.05) is 24.7 Å². The van der Waals surface area contributed by atoms with Gasteiger partial charge in [-0.05, 0) is 30.9 Å². The van der Waals surface area contributed by atoms with Crippen molar-refractivity contribution in [3.05, 3.63) is 42.4 Å². The summed E-state index contributed by atoms with van der Waals surface area (Å²) in [5.74, 6) is 2.03. The number of rotatable bonds is 6. The highest BCUT2D eigenvalue weighted by atomic mass is 32.2. The van der Waals surface area contributed by atoms with Gasteiger partial charge in [0.05, 0.1) is 5.75 Å². The van der Waals surface area contributed by atoms with E-state index in [9.17, 15) is 4.79 Å². The van der Waals surface area contributed by atoms with E-state index in [0.717, 1.165) is 30.4 Å². The van der Waals surface area contributed by atoms with Crippen molar-refractivity contribution in [3.8, 4) is 5.75 Å². The maximum atomic E-state index is 12.3. The van der Waals surface area contributed by atoms with Crippen LogP contribution in [0.25, 0.3) is 10.9 Å². The molecule has 0 unspecified atom stereocenters. The first-order chi connectivity index (χ1) is 13.7. The van der Waals surface area contributed by atoms with Gasteiger partial charge in [-0.3, -0.25) is 9.78 Å². The van der Waals surface area contributed by atoms with Crippen LogP contribution in [0.15, 0.2) is 46.2 Å². The molecule has 1 aliphatic heterocycles. The lowest BCUT2D eigenvalue weighted by molar-refractivity contribution is -0.130. The van der Waals surface area contributed by atoms with E-state index >= 15 is 0 Å². The van der Waals surface area contributed by atoms with Gasteiger partial charge in [-0.15, -0.1) is 10.2 Å². The Morgan fingerprint density at radius 2 is 2.21 bits per heavy atom. The van der Waals surface area contributed by atoms with Crippen LogP contribution >= 0.6 is 11.8 Å². The molecule has 3 aromatic rings. The highest BCUT2D eigenvalue weighted by molar-refractivity contribution is 7.99. The van der Waals surface area contributed by atoms with Crippen LogP contribution in [0.3, 0.4) is 0 Å². The van der Waals surface area contributed by atoms with Gasteiger partial charge in [-0.25, -0.2) is 0 Å². The molecule has 1 atom stereocenters. The van der Waals surface area contributed by atoms with Crippen LogP contribution in [0, 0.1) is 5.92 Å². The summed E-state index contributed by atoms with van der Waals surface area (Å²) in [6, 6.07) is 9.63. The van der Waals surface area contributed by atoms with Gasteiger partial charge in [0.2, 0.25) is 5.91 Å². The molecule has 1 fully saturated rings. The number of pyridine rings is 1. The molecule has 0 N–H and O–H groups in total. The first kappa shape index (κ1) is 18.7. The summed E-state index contributed by atoms with van der Waals surface area (Å²) in [5.41, 5.74) is 0.792. The van der Waals surface area contributed by atoms with Gasteiger partial charge in [-0.1, -0.05) is 36.9 Å². The Balaban J connectivity index is 1.31. The van der Waals surface area contributed by atoms with Gasteiger partial charge < -0.3 is 14.1 Å². The number of amides is 1. The van der Waals surface area contributed by atoms with Crippen LogP contribution in [-0.2, 0) is 11.4 Å². The van der Waals surface area contributed by atoms with E-state index in [0.29, 0.717) is 28.5 Å². The molecule has 0 spiro atoms. The van der Waals surface area contributed by atoms with E-state index in [1.165, 1.54) is 18.2 Å². The number of hydrogen-bond donors (Lipinski definition) is 0. The lowest BCUT2D eigenvalue weighted by Crippen LogP contribution is -2.40. The largest absolute Gasteiger partial charge is 0.482 e. The molecule has 1 aromatic carbocycles. The number of likely N-dealkylation sites (tertiary alicyclic amines) is 1. The Kier molecular flexibility index (Phi) is 5.76. The fraction of sp³-hybridized carbons (Fsp3) is 0.400. The lowest BCUT2D eigenvalue weighted by Gasteiger charge is -2.30. The zero-order chi connectivity index (χ0) is 19.3. The second kappa shape index (κ2) is 8.60. The molecule has 0 aliphatic carbocycles. The maximum absolute atomic E-state index is 12.3. The molecule has 2 aromatic heterocycles. The molecule has 146 valence electrons. The van der Waals surface area contributed by atoms with Crippen molar-refractivity contribution in [2.45, 2.75) is 31.6 Å². The third-order valence-electron chi connectivity index (χ3n) is 4.72. The average molecular weight is 398 g/mol. The van der Waals surface area contributed by atoms with Gasteiger partial charge in [0.15, 0.2) is 6.61 Å². The molecule has 3 heterocycles. The smallest absolute Gasteiger partial charge is 0.277 e. The highest BCUT2D eigenvalue weighted by Crippen LogP contribution is 2.24. The number of thioether (sulfide) groups is 1. The maximum Gasteiger partial charge on any atom is 0.277 e. The van der Waals surface area contributed by atoms with Crippen LogP contribution < -0.4 is 4.74 Å². The molecular weight excluding hydrogens is 376 g/mol. The van der Waals surface area contributed by atoms with E-state index in [4.69, 9.17) is 9.15 Å². The number of fused-ring (bicyclic) bond motifs is 1. The number of carbonyl (C=O) groups excluding carboxylic acids is 1. The standard InChI is InChI=1S/C20H22N4O3S/c1-14-5-4-10-24(11-14)18(25)13-28-20-23-22-17(27-20)12-26-16-8-2-6-15-7-3-9-21-19(15)16/h2-3,6-9,14H,4-5,10-13H2,1H3/t14-/m0/s1. The van der Waals surface area contributed by atoms with Crippen molar-refractivity contribution < 1.29 is 13.9 Å². The Morgan fingerprint density at radius 3 is 3.11 bits per heavy atom. The van der Waals surface area contributed by atoms with Crippen LogP contribution in [-0.4, -0.2) is 44.8 Å². The summed E-state index contributed by atoms with van der Waals surface area (Å²) in [4.78, 5) is 18.6. The molecule has 4 rings (SSSR count). The molecule has 1 amide bonds. The summed E-state index contributed by atoms with van der Waals surface area (Å²) >= 11 is 1.27. The van der Waals surface area contributed by atoms with Crippen molar-refractivity contribution in [2.75, 3.05) is 18.8 Å². The van der Waals surface area contributed by atoms with E-state index in [2.05, 4.69) is 22.1 Å². The predicted octanol–water partition coefficient (Wildman–Crippen LogP) is 3.55. The fourth-order valence-corrected chi connectivity index (χ4v) is 4.00. The number of nitrogens with zero attached hydrogens (tertiary/aromatic N) is 4. The van der Waals surface area contributed by atoms with Crippen molar-refractivity contribution >= 4 is 28.6 Å². The number of ether oxygens (including phenoxy) is 1. The van der Waals surface area contributed by atoms with Crippen LogP contribution in [0.2, 0.25) is 0 Å². The SMILES string of the molecule is C[C@H]1CCCN(C(=O)CSc2nnc(COc3cccc4cccnc34)o2)C1. The lowest BCUT2D eigenvalue weighted by atomic mass is 10.0. The second-order valence-electron chi connectivity index (χ2n) is 6.96. The monoisotopic (exact) mass is 398 g/mol. The minimum absolute atomic E-state index is 0.120. The summed E-state index contributed by atoms with van der Waals surface area (Å²) < 4.78 is 11.4. The first-order valence-electron chi connectivity index (χ1n) is 9.38. The van der Waals surface area contributed by atoms with Gasteiger partial charge in [0.25, 0.3) is 11.1 Å². The zero-order valence-electron chi connectivity index (χ0n) is 15.7. The number of piperidine rings is 1. The van der Waals surface area contributed by atoms with E-state index in [-0.39, 0.29) is 12.5 Å². The quantitative estimate of drug-likeness (QED) is 0.587. The molecule has 1 aliphatic rings. The molecular formula is C20H22N4O3S. The Bertz CT molecular complexity index is 956. The summed E-state index contributed by atoms with van der Waals surface area (Å²) in [6.07, 6.45) is 4.00. The summed E-state index contributed by atoms with van der Waals surface area (Å²) in [7, 11) is 0. The minimum Gasteiger partial charge on any atom is -0.482 e. The van der Waals surface area contributed by atoms with E-state index < -0.39 is 0 Å². The molecule has 0 saturated carbocycles. The zero-order valence-corrected chi connectivity index (χ0v) is 16.5. The van der Waals surface area contributed by atoms with Crippen molar-refractivity contribution in [3.63, 3.8) is 0 Å². The minimum atomic E-state index is 0.120. The van der Waals surface area contributed by atoms with Crippen molar-refractivity contribution in [1.29, 1.82) is 0 Å². The van der Waals surface area contributed by atoms with Gasteiger partial charge in [-0.2, -0.15) is 0 Å². The highest BCUT2D eigenvalue weighted by Gasteiger charge is 2.21. The Hall–Kier alpha value is -2.61. The van der Waals surface area contributed by atoms with Crippen LogP contribution in [0.4, 0.5) is 0 Å². The number of hydrogen-bond acceptors (Lipinski definition) is 7. The predicted molar refractivity (Wildman–Crippen MR) is 106 cm³/mol. The molecule has 7 nitrogen and oxygen atoms in total. The van der Waals surface area contributed by atoms with Gasteiger partial charge >= 0.3 is 0 Å². The third kappa shape index (κ3) is 4.44. The van der Waals surface area contributed by atoms with Crippen molar-refractivity contribution in [2.24, 2.45) is 5.92 Å². The van der Waals surface area contributed by atoms with E-state index in [1.54, 1.807) is 6.20 Å². The first-order valence-corrected chi connectivity index (χ1v) is 10.4. The average Bonchev–Trinajstić information content (AvgIpc) is 3.18.